The molecule has 0 spiro atoms. The fraction of sp³-hybridized carbons (Fsp3) is 0.154. The van der Waals surface area contributed by atoms with Gasteiger partial charge in [0.2, 0.25) is 5.89 Å². The Balaban J connectivity index is 1.48. The highest BCUT2D eigenvalue weighted by molar-refractivity contribution is 6.30. The maximum Gasteiger partial charge on any atom is 0.252 e. The third-order valence-electron chi connectivity index (χ3n) is 5.12. The first-order valence-corrected chi connectivity index (χ1v) is 10.6. The van der Waals surface area contributed by atoms with Gasteiger partial charge < -0.3 is 9.73 Å². The normalized spacial score (nSPS) is 11.8. The van der Waals surface area contributed by atoms with Gasteiger partial charge in [0.15, 0.2) is 5.76 Å². The number of hydrogen-bond donors (Lipinski definition) is 1. The third kappa shape index (κ3) is 5.22. The summed E-state index contributed by atoms with van der Waals surface area (Å²) < 4.78 is 5.96. The van der Waals surface area contributed by atoms with Crippen molar-refractivity contribution in [2.75, 3.05) is 0 Å². The van der Waals surface area contributed by atoms with E-state index in [9.17, 15) is 4.79 Å². The van der Waals surface area contributed by atoms with Gasteiger partial charge in [-0.25, -0.2) is 4.98 Å². The molecule has 4 aromatic rings. The largest absolute Gasteiger partial charge is 0.436 e. The van der Waals surface area contributed by atoms with Gasteiger partial charge in [0.1, 0.15) is 0 Å². The highest BCUT2D eigenvalue weighted by Gasteiger charge is 2.18. The monoisotopic (exact) mass is 430 g/mol. The molecule has 4 rings (SSSR count). The zero-order valence-electron chi connectivity index (χ0n) is 17.2. The summed E-state index contributed by atoms with van der Waals surface area (Å²) >= 11 is 5.96. The number of amides is 1. The number of benzene rings is 3. The van der Waals surface area contributed by atoms with Crippen molar-refractivity contribution in [1.29, 1.82) is 0 Å². The molecular formula is C26H23ClN2O2. The minimum absolute atomic E-state index is 0.0370. The van der Waals surface area contributed by atoms with Crippen molar-refractivity contribution in [3.63, 3.8) is 0 Å². The molecule has 1 amide bonds. The van der Waals surface area contributed by atoms with Crippen LogP contribution in [0, 0.1) is 0 Å². The summed E-state index contributed by atoms with van der Waals surface area (Å²) in [6.45, 7) is 2.02. The third-order valence-corrected chi connectivity index (χ3v) is 5.37. The lowest BCUT2D eigenvalue weighted by Gasteiger charge is -2.15. The van der Waals surface area contributed by atoms with Gasteiger partial charge >= 0.3 is 0 Å². The van der Waals surface area contributed by atoms with E-state index in [2.05, 4.69) is 22.4 Å². The maximum atomic E-state index is 13.0. The molecule has 1 aromatic heterocycles. The number of aryl methyl sites for hydroxylation is 1. The highest BCUT2D eigenvalue weighted by Crippen LogP contribution is 2.29. The number of nitrogens with zero attached hydrogens (tertiary/aromatic N) is 1. The van der Waals surface area contributed by atoms with E-state index in [0.717, 1.165) is 18.4 Å². The van der Waals surface area contributed by atoms with Gasteiger partial charge in [0.25, 0.3) is 5.91 Å². The average molecular weight is 431 g/mol. The van der Waals surface area contributed by atoms with Crippen LogP contribution < -0.4 is 5.32 Å². The summed E-state index contributed by atoms with van der Waals surface area (Å²) in [5.41, 5.74) is 3.34. The van der Waals surface area contributed by atoms with Gasteiger partial charge in [0.05, 0.1) is 11.8 Å². The van der Waals surface area contributed by atoms with Crippen molar-refractivity contribution in [2.24, 2.45) is 0 Å². The summed E-state index contributed by atoms with van der Waals surface area (Å²) in [6.07, 6.45) is 3.43. The van der Waals surface area contributed by atoms with E-state index in [1.807, 2.05) is 55.5 Å². The van der Waals surface area contributed by atoms with Crippen molar-refractivity contribution < 1.29 is 9.21 Å². The van der Waals surface area contributed by atoms with Crippen LogP contribution in [0.1, 0.15) is 29.3 Å². The molecule has 0 fully saturated rings. The van der Waals surface area contributed by atoms with Crippen molar-refractivity contribution >= 4 is 17.5 Å². The smallest absolute Gasteiger partial charge is 0.252 e. The van der Waals surface area contributed by atoms with Crippen LogP contribution in [-0.2, 0) is 6.42 Å². The lowest BCUT2D eigenvalue weighted by atomic mass is 10.0. The summed E-state index contributed by atoms with van der Waals surface area (Å²) in [5, 5.41) is 3.76. The fourth-order valence-electron chi connectivity index (χ4n) is 3.42. The SMILES string of the molecule is CC(CCc1ccccc1)NC(=O)c1ccccc1-c1ncc(-c2ccc(Cl)cc2)o1. The Bertz CT molecular complexity index is 1150. The maximum absolute atomic E-state index is 13.0. The molecule has 156 valence electrons. The Hall–Kier alpha value is -3.37. The molecule has 0 aliphatic rings. The van der Waals surface area contributed by atoms with Gasteiger partial charge in [-0.2, -0.15) is 0 Å². The van der Waals surface area contributed by atoms with Gasteiger partial charge in [-0.15, -0.1) is 0 Å². The molecule has 0 bridgehead atoms. The van der Waals surface area contributed by atoms with Crippen LogP contribution in [-0.4, -0.2) is 16.9 Å². The number of hydrogen-bond acceptors (Lipinski definition) is 3. The molecule has 1 N–H and O–H groups in total. The van der Waals surface area contributed by atoms with Crippen molar-refractivity contribution in [3.05, 3.63) is 101 Å². The zero-order valence-corrected chi connectivity index (χ0v) is 18.0. The van der Waals surface area contributed by atoms with Crippen LogP contribution in [0.5, 0.6) is 0 Å². The predicted molar refractivity (Wildman–Crippen MR) is 124 cm³/mol. The molecule has 1 heterocycles. The molecule has 0 aliphatic carbocycles. The van der Waals surface area contributed by atoms with E-state index in [-0.39, 0.29) is 11.9 Å². The van der Waals surface area contributed by atoms with Crippen LogP contribution in [0.2, 0.25) is 5.02 Å². The number of rotatable bonds is 7. The average Bonchev–Trinajstić information content (AvgIpc) is 3.29. The predicted octanol–water partition coefficient (Wildman–Crippen LogP) is 6.41. The van der Waals surface area contributed by atoms with E-state index >= 15 is 0 Å². The molecule has 3 aromatic carbocycles. The van der Waals surface area contributed by atoms with Crippen molar-refractivity contribution in [1.82, 2.24) is 10.3 Å². The second kappa shape index (κ2) is 9.63. The minimum Gasteiger partial charge on any atom is -0.436 e. The van der Waals surface area contributed by atoms with Gasteiger partial charge in [0, 0.05) is 22.2 Å². The van der Waals surface area contributed by atoms with Crippen molar-refractivity contribution in [3.8, 4) is 22.8 Å². The Kier molecular flexibility index (Phi) is 6.48. The summed E-state index contributed by atoms with van der Waals surface area (Å²) in [7, 11) is 0. The molecular weight excluding hydrogens is 408 g/mol. The Labute approximate surface area is 186 Å². The van der Waals surface area contributed by atoms with Crippen LogP contribution >= 0.6 is 11.6 Å². The molecule has 1 unspecified atom stereocenters. The second-order valence-corrected chi connectivity index (χ2v) is 7.92. The van der Waals surface area contributed by atoms with Gasteiger partial charge in [-0.3, -0.25) is 4.79 Å². The Morgan fingerprint density at radius 2 is 1.71 bits per heavy atom. The number of carbonyl (C=O) groups is 1. The molecule has 5 heteroatoms. The molecule has 4 nitrogen and oxygen atoms in total. The lowest BCUT2D eigenvalue weighted by Crippen LogP contribution is -2.33. The van der Waals surface area contributed by atoms with Crippen LogP contribution in [0.15, 0.2) is 89.5 Å². The zero-order chi connectivity index (χ0) is 21.6. The van der Waals surface area contributed by atoms with Crippen LogP contribution in [0.3, 0.4) is 0 Å². The summed E-state index contributed by atoms with van der Waals surface area (Å²) in [4.78, 5) is 17.4. The molecule has 0 saturated carbocycles. The first-order chi connectivity index (χ1) is 15.1. The second-order valence-electron chi connectivity index (χ2n) is 7.48. The van der Waals surface area contributed by atoms with Crippen LogP contribution in [0.4, 0.5) is 0 Å². The van der Waals surface area contributed by atoms with Crippen LogP contribution in [0.25, 0.3) is 22.8 Å². The number of carbonyl (C=O) groups excluding carboxylic acids is 1. The fourth-order valence-corrected chi connectivity index (χ4v) is 3.54. The molecule has 0 aliphatic heterocycles. The molecule has 1 atom stereocenters. The Morgan fingerprint density at radius 3 is 2.48 bits per heavy atom. The Morgan fingerprint density at radius 1 is 1.00 bits per heavy atom. The summed E-state index contributed by atoms with van der Waals surface area (Å²) in [5.74, 6) is 0.896. The van der Waals surface area contributed by atoms with Gasteiger partial charge in [-0.1, -0.05) is 54.1 Å². The van der Waals surface area contributed by atoms with E-state index in [4.69, 9.17) is 16.0 Å². The summed E-state index contributed by atoms with van der Waals surface area (Å²) in [6, 6.07) is 25.0. The van der Waals surface area contributed by atoms with E-state index < -0.39 is 0 Å². The first kappa shape index (κ1) is 20.9. The highest BCUT2D eigenvalue weighted by atomic mass is 35.5. The number of halogens is 1. The van der Waals surface area contributed by atoms with E-state index in [0.29, 0.717) is 27.8 Å². The number of oxazole rings is 1. The quantitative estimate of drug-likeness (QED) is 0.368. The number of nitrogens with one attached hydrogen (secondary N) is 1. The van der Waals surface area contributed by atoms with E-state index in [1.165, 1.54) is 5.56 Å². The lowest BCUT2D eigenvalue weighted by molar-refractivity contribution is 0.0939. The van der Waals surface area contributed by atoms with Gasteiger partial charge in [-0.05, 0) is 61.7 Å². The van der Waals surface area contributed by atoms with Crippen molar-refractivity contribution in [2.45, 2.75) is 25.8 Å². The van der Waals surface area contributed by atoms with E-state index in [1.54, 1.807) is 24.4 Å². The molecule has 0 radical (unpaired) electrons. The number of aromatic nitrogens is 1. The molecule has 0 saturated heterocycles. The standard InChI is InChI=1S/C26H23ClN2O2/c1-18(11-12-19-7-3-2-4-8-19)29-25(30)22-9-5-6-10-23(22)26-28-17-24(31-26)20-13-15-21(27)16-14-20/h2-10,13-18H,11-12H2,1H3,(H,29,30). The molecule has 31 heavy (non-hydrogen) atoms. The minimum atomic E-state index is -0.137. The topological polar surface area (TPSA) is 55.1 Å². The first-order valence-electron chi connectivity index (χ1n) is 10.3.